The topological polar surface area (TPSA) is 89.9 Å². The van der Waals surface area contributed by atoms with Crippen molar-refractivity contribution in [2.45, 2.75) is 23.8 Å². The predicted molar refractivity (Wildman–Crippen MR) is 96.4 cm³/mol. The van der Waals surface area contributed by atoms with Crippen molar-refractivity contribution in [3.63, 3.8) is 0 Å². The Morgan fingerprint density at radius 3 is 2.76 bits per heavy atom. The molecule has 0 fully saturated rings. The van der Waals surface area contributed by atoms with E-state index >= 15 is 0 Å². The van der Waals surface area contributed by atoms with Crippen molar-refractivity contribution in [1.82, 2.24) is 19.7 Å². The third kappa shape index (κ3) is 3.54. The molecule has 130 valence electrons. The first-order valence-electron chi connectivity index (χ1n) is 7.52. The molecule has 0 saturated carbocycles. The van der Waals surface area contributed by atoms with Crippen LogP contribution in [0.2, 0.25) is 5.02 Å². The van der Waals surface area contributed by atoms with Gasteiger partial charge >= 0.3 is 5.97 Å². The molecule has 0 spiro atoms. The third-order valence-corrected chi connectivity index (χ3v) is 5.06. The van der Waals surface area contributed by atoms with E-state index in [9.17, 15) is 9.59 Å². The summed E-state index contributed by atoms with van der Waals surface area (Å²) in [4.78, 5) is 31.2. The largest absolute Gasteiger partial charge is 0.468 e. The first-order valence-corrected chi connectivity index (χ1v) is 8.77. The Morgan fingerprint density at radius 2 is 2.12 bits per heavy atom. The molecular formula is C16H15ClN4O3S. The van der Waals surface area contributed by atoms with Crippen LogP contribution in [0, 0.1) is 0 Å². The average molecular weight is 379 g/mol. The number of rotatable bonds is 5. The fourth-order valence-electron chi connectivity index (χ4n) is 2.29. The lowest BCUT2D eigenvalue weighted by Crippen LogP contribution is -2.19. The van der Waals surface area contributed by atoms with Crippen LogP contribution in [0.25, 0.3) is 16.7 Å². The highest BCUT2D eigenvalue weighted by Crippen LogP contribution is 2.24. The van der Waals surface area contributed by atoms with E-state index in [-0.39, 0.29) is 11.5 Å². The van der Waals surface area contributed by atoms with E-state index in [2.05, 4.69) is 15.1 Å². The summed E-state index contributed by atoms with van der Waals surface area (Å²) in [7, 11) is 1.33. The molecule has 1 atom stereocenters. The maximum Gasteiger partial charge on any atom is 0.319 e. The molecule has 0 aliphatic carbocycles. The summed E-state index contributed by atoms with van der Waals surface area (Å²) >= 11 is 7.07. The minimum atomic E-state index is -0.447. The molecule has 7 nitrogen and oxygen atoms in total. The molecule has 1 N–H and O–H groups in total. The van der Waals surface area contributed by atoms with E-state index in [1.165, 1.54) is 13.3 Å². The van der Waals surface area contributed by atoms with E-state index in [1.54, 1.807) is 28.9 Å². The lowest BCUT2D eigenvalue weighted by molar-refractivity contribution is -0.140. The highest BCUT2D eigenvalue weighted by Gasteiger charge is 2.21. The average Bonchev–Trinajstić information content (AvgIpc) is 3.04. The highest BCUT2D eigenvalue weighted by molar-refractivity contribution is 8.00. The van der Waals surface area contributed by atoms with Gasteiger partial charge in [0.15, 0.2) is 10.8 Å². The van der Waals surface area contributed by atoms with Gasteiger partial charge in [0, 0.05) is 5.02 Å². The van der Waals surface area contributed by atoms with Gasteiger partial charge in [0.25, 0.3) is 5.56 Å². The van der Waals surface area contributed by atoms with Gasteiger partial charge < -0.3 is 9.72 Å². The molecule has 0 saturated heterocycles. The molecule has 2 aromatic heterocycles. The summed E-state index contributed by atoms with van der Waals surface area (Å²) in [5.41, 5.74) is 0.828. The molecule has 25 heavy (non-hydrogen) atoms. The van der Waals surface area contributed by atoms with Gasteiger partial charge in [0.1, 0.15) is 10.6 Å². The zero-order valence-electron chi connectivity index (χ0n) is 13.5. The Bertz CT molecular complexity index is 968. The Hall–Kier alpha value is -2.32. The maximum atomic E-state index is 12.3. The molecule has 0 radical (unpaired) electrons. The number of aromatic nitrogens is 4. The van der Waals surface area contributed by atoms with E-state index in [1.807, 2.05) is 6.92 Å². The molecule has 0 aliphatic rings. The van der Waals surface area contributed by atoms with Crippen molar-refractivity contribution in [2.75, 3.05) is 7.11 Å². The Balaban J connectivity index is 2.05. The number of esters is 1. The number of nitrogens with zero attached hydrogens (tertiary/aromatic N) is 3. The van der Waals surface area contributed by atoms with Gasteiger partial charge in [0.2, 0.25) is 0 Å². The maximum absolute atomic E-state index is 12.3. The van der Waals surface area contributed by atoms with Crippen LogP contribution in [-0.2, 0) is 9.53 Å². The number of fused-ring (bicyclic) bond motifs is 1. The van der Waals surface area contributed by atoms with E-state index < -0.39 is 5.25 Å². The number of halogens is 1. The van der Waals surface area contributed by atoms with Crippen LogP contribution in [0.3, 0.4) is 0 Å². The number of H-pyrrole nitrogens is 1. The zero-order valence-corrected chi connectivity index (χ0v) is 15.1. The summed E-state index contributed by atoms with van der Waals surface area (Å²) in [6.07, 6.45) is 2.01. The molecule has 0 unspecified atom stereocenters. The Kier molecular flexibility index (Phi) is 5.10. The standard InChI is InChI=1S/C16H15ClN4O3S/c1-3-12(15(23)24-2)25-16-19-13-11(14(22)20-16)8-18-21(13)10-6-4-9(17)5-7-10/h4-8,12H,3H2,1-2H3,(H,19,20,22)/t12-/m0/s1. The fourth-order valence-corrected chi connectivity index (χ4v) is 3.34. The van der Waals surface area contributed by atoms with E-state index in [0.717, 1.165) is 17.4 Å². The summed E-state index contributed by atoms with van der Waals surface area (Å²) in [6, 6.07) is 7.04. The molecule has 9 heteroatoms. The lowest BCUT2D eigenvalue weighted by Gasteiger charge is -2.11. The number of methoxy groups -OCH3 is 1. The number of aromatic amines is 1. The van der Waals surface area contributed by atoms with Gasteiger partial charge in [0.05, 0.1) is 19.0 Å². The van der Waals surface area contributed by atoms with Gasteiger partial charge in [-0.2, -0.15) is 5.10 Å². The number of benzene rings is 1. The summed E-state index contributed by atoms with van der Waals surface area (Å²) in [6.45, 7) is 1.86. The fraction of sp³-hybridized carbons (Fsp3) is 0.250. The summed E-state index contributed by atoms with van der Waals surface area (Å²) < 4.78 is 6.33. The number of carbonyl (C=O) groups excluding carboxylic acids is 1. The number of ether oxygens (including phenoxy) is 1. The van der Waals surface area contributed by atoms with Gasteiger partial charge in [-0.3, -0.25) is 9.59 Å². The van der Waals surface area contributed by atoms with Crippen molar-refractivity contribution in [1.29, 1.82) is 0 Å². The van der Waals surface area contributed by atoms with Crippen molar-refractivity contribution in [3.05, 3.63) is 45.8 Å². The molecule has 3 rings (SSSR count). The minimum absolute atomic E-state index is 0.313. The number of carbonyl (C=O) groups is 1. The van der Waals surface area contributed by atoms with E-state index in [4.69, 9.17) is 16.3 Å². The normalized spacial score (nSPS) is 12.3. The number of nitrogens with one attached hydrogen (secondary N) is 1. The van der Waals surface area contributed by atoms with E-state index in [0.29, 0.717) is 27.6 Å². The Morgan fingerprint density at radius 1 is 1.40 bits per heavy atom. The van der Waals surface area contributed by atoms with Gasteiger partial charge in [-0.05, 0) is 30.7 Å². The first kappa shape index (κ1) is 17.5. The van der Waals surface area contributed by atoms with Crippen LogP contribution in [0.4, 0.5) is 0 Å². The van der Waals surface area contributed by atoms with Crippen LogP contribution < -0.4 is 5.56 Å². The molecule has 0 amide bonds. The zero-order chi connectivity index (χ0) is 18.0. The van der Waals surface area contributed by atoms with Crippen molar-refractivity contribution in [2.24, 2.45) is 0 Å². The van der Waals surface area contributed by atoms with Gasteiger partial charge in [-0.15, -0.1) is 0 Å². The second-order valence-corrected chi connectivity index (χ2v) is 6.81. The smallest absolute Gasteiger partial charge is 0.319 e. The van der Waals surface area contributed by atoms with Gasteiger partial charge in [-0.25, -0.2) is 9.67 Å². The Labute approximate surface area is 152 Å². The SMILES string of the molecule is CC[C@H](Sc1nc2c(cnn2-c2ccc(Cl)cc2)c(=O)[nH]1)C(=O)OC. The predicted octanol–water partition coefficient (Wildman–Crippen LogP) is 2.81. The minimum Gasteiger partial charge on any atom is -0.468 e. The quantitative estimate of drug-likeness (QED) is 0.417. The van der Waals surface area contributed by atoms with Crippen LogP contribution in [-0.4, -0.2) is 38.1 Å². The van der Waals surface area contributed by atoms with Crippen LogP contribution in [0.15, 0.2) is 40.4 Å². The molecule has 2 heterocycles. The molecular weight excluding hydrogens is 364 g/mol. The lowest BCUT2D eigenvalue weighted by atomic mass is 10.3. The monoisotopic (exact) mass is 378 g/mol. The molecule has 1 aromatic carbocycles. The third-order valence-electron chi connectivity index (χ3n) is 3.58. The van der Waals surface area contributed by atoms with Gasteiger partial charge in [-0.1, -0.05) is 30.3 Å². The number of hydrogen-bond acceptors (Lipinski definition) is 6. The molecule has 0 bridgehead atoms. The molecule has 0 aliphatic heterocycles. The van der Waals surface area contributed by atoms with Crippen LogP contribution in [0.1, 0.15) is 13.3 Å². The van der Waals surface area contributed by atoms with Crippen LogP contribution >= 0.6 is 23.4 Å². The second kappa shape index (κ2) is 7.28. The highest BCUT2D eigenvalue weighted by atomic mass is 35.5. The number of thioether (sulfide) groups is 1. The van der Waals surface area contributed by atoms with Crippen molar-refractivity contribution in [3.8, 4) is 5.69 Å². The second-order valence-electron chi connectivity index (χ2n) is 5.18. The number of hydrogen-bond donors (Lipinski definition) is 1. The van der Waals surface area contributed by atoms with Crippen molar-refractivity contribution < 1.29 is 9.53 Å². The van der Waals surface area contributed by atoms with Crippen LogP contribution in [0.5, 0.6) is 0 Å². The van der Waals surface area contributed by atoms with Crippen molar-refractivity contribution >= 4 is 40.4 Å². The summed E-state index contributed by atoms with van der Waals surface area (Å²) in [5, 5.41) is 5.10. The first-order chi connectivity index (χ1) is 12.0. The summed E-state index contributed by atoms with van der Waals surface area (Å²) in [5.74, 6) is -0.360. The molecule has 3 aromatic rings.